The van der Waals surface area contributed by atoms with Gasteiger partial charge in [-0.3, -0.25) is 4.79 Å². The summed E-state index contributed by atoms with van der Waals surface area (Å²) in [6.45, 7) is 4.49. The van der Waals surface area contributed by atoms with Crippen LogP contribution in [0, 0.1) is 0 Å². The van der Waals surface area contributed by atoms with Crippen molar-refractivity contribution < 1.29 is 22.7 Å². The van der Waals surface area contributed by atoms with Gasteiger partial charge < -0.3 is 9.47 Å². The average Bonchev–Trinajstić information content (AvgIpc) is 2.72. The standard InChI is InChI=1S/C22H25NO5S/c1-17(2)28-19-7-9-20(10-8-19)29(25,26)23-13-11-18(12-14-23)21-5-3-4-6-22(21)27-16-15-24/h3-11,15,17H,12-14,16H2,1-2H3. The number of carbonyl (C=O) groups is 1. The summed E-state index contributed by atoms with van der Waals surface area (Å²) in [7, 11) is -3.58. The number of hydrogen-bond donors (Lipinski definition) is 0. The molecule has 2 aromatic carbocycles. The molecule has 0 fully saturated rings. The highest BCUT2D eigenvalue weighted by atomic mass is 32.2. The van der Waals surface area contributed by atoms with E-state index in [1.165, 1.54) is 4.31 Å². The van der Waals surface area contributed by atoms with Crippen LogP contribution in [-0.2, 0) is 14.8 Å². The zero-order valence-corrected chi connectivity index (χ0v) is 17.4. The summed E-state index contributed by atoms with van der Waals surface area (Å²) in [6, 6.07) is 14.0. The summed E-state index contributed by atoms with van der Waals surface area (Å²) in [6.07, 6.45) is 3.20. The molecule has 0 amide bonds. The van der Waals surface area contributed by atoms with E-state index in [4.69, 9.17) is 9.47 Å². The van der Waals surface area contributed by atoms with Gasteiger partial charge in [0.25, 0.3) is 0 Å². The zero-order chi connectivity index (χ0) is 20.9. The maximum atomic E-state index is 13.0. The number of carbonyl (C=O) groups excluding carboxylic acids is 1. The Balaban J connectivity index is 1.75. The fourth-order valence-electron chi connectivity index (χ4n) is 3.21. The van der Waals surface area contributed by atoms with Crippen LogP contribution < -0.4 is 9.47 Å². The number of nitrogens with zero attached hydrogens (tertiary/aromatic N) is 1. The van der Waals surface area contributed by atoms with Crippen molar-refractivity contribution in [3.05, 3.63) is 60.2 Å². The minimum absolute atomic E-state index is 0.0126. The summed E-state index contributed by atoms with van der Waals surface area (Å²) < 4.78 is 38.5. The van der Waals surface area contributed by atoms with E-state index in [0.29, 0.717) is 30.8 Å². The largest absolute Gasteiger partial charge is 0.491 e. The van der Waals surface area contributed by atoms with Crippen molar-refractivity contribution in [2.45, 2.75) is 31.3 Å². The normalized spacial score (nSPS) is 15.1. The fourth-order valence-corrected chi connectivity index (χ4v) is 4.59. The van der Waals surface area contributed by atoms with Gasteiger partial charge in [-0.15, -0.1) is 0 Å². The summed E-state index contributed by atoms with van der Waals surface area (Å²) >= 11 is 0. The number of hydrogen-bond acceptors (Lipinski definition) is 5. The van der Waals surface area contributed by atoms with E-state index < -0.39 is 10.0 Å². The molecule has 0 atom stereocenters. The third-order valence-electron chi connectivity index (χ3n) is 4.55. The van der Waals surface area contributed by atoms with Crippen molar-refractivity contribution in [1.29, 1.82) is 0 Å². The van der Waals surface area contributed by atoms with Crippen LogP contribution >= 0.6 is 0 Å². The quantitative estimate of drug-likeness (QED) is 0.617. The van der Waals surface area contributed by atoms with Crippen LogP contribution in [0.15, 0.2) is 59.5 Å². The predicted molar refractivity (Wildman–Crippen MR) is 112 cm³/mol. The molecule has 0 N–H and O–H groups in total. The smallest absolute Gasteiger partial charge is 0.243 e. The Morgan fingerprint density at radius 3 is 2.45 bits per heavy atom. The van der Waals surface area contributed by atoms with Crippen LogP contribution in [0.4, 0.5) is 0 Å². The van der Waals surface area contributed by atoms with E-state index >= 15 is 0 Å². The molecule has 1 heterocycles. The lowest BCUT2D eigenvalue weighted by atomic mass is 9.99. The molecule has 0 unspecified atom stereocenters. The van der Waals surface area contributed by atoms with Crippen LogP contribution in [-0.4, -0.2) is 44.8 Å². The van der Waals surface area contributed by atoms with Crippen LogP contribution in [0.2, 0.25) is 0 Å². The van der Waals surface area contributed by atoms with Crippen LogP contribution in [0.5, 0.6) is 11.5 Å². The minimum Gasteiger partial charge on any atom is -0.491 e. The molecule has 3 rings (SSSR count). The van der Waals surface area contributed by atoms with Gasteiger partial charge in [0, 0.05) is 18.7 Å². The fraction of sp³-hybridized carbons (Fsp3) is 0.318. The summed E-state index contributed by atoms with van der Waals surface area (Å²) in [5.74, 6) is 1.27. The van der Waals surface area contributed by atoms with Crippen LogP contribution in [0.25, 0.3) is 5.57 Å². The second-order valence-corrected chi connectivity index (χ2v) is 8.89. The second kappa shape index (κ2) is 9.24. The Hall–Kier alpha value is -2.64. The third-order valence-corrected chi connectivity index (χ3v) is 6.42. The van der Waals surface area contributed by atoms with E-state index in [-0.39, 0.29) is 24.2 Å². The molecule has 0 spiro atoms. The Labute approximate surface area is 171 Å². The van der Waals surface area contributed by atoms with Gasteiger partial charge in [-0.2, -0.15) is 4.31 Å². The molecule has 29 heavy (non-hydrogen) atoms. The first kappa shape index (κ1) is 21.1. The number of aldehydes is 1. The predicted octanol–water partition coefficient (Wildman–Crippen LogP) is 3.53. The highest BCUT2D eigenvalue weighted by Gasteiger charge is 2.27. The third kappa shape index (κ3) is 5.05. The second-order valence-electron chi connectivity index (χ2n) is 6.95. The Morgan fingerprint density at radius 2 is 1.83 bits per heavy atom. The van der Waals surface area contributed by atoms with Crippen molar-refractivity contribution >= 4 is 21.9 Å². The van der Waals surface area contributed by atoms with E-state index in [1.807, 2.05) is 44.2 Å². The number of rotatable bonds is 8. The molecule has 154 valence electrons. The van der Waals surface area contributed by atoms with Gasteiger partial charge in [0.1, 0.15) is 18.1 Å². The zero-order valence-electron chi connectivity index (χ0n) is 16.6. The van der Waals surface area contributed by atoms with Crippen molar-refractivity contribution in [3.8, 4) is 11.5 Å². The molecular weight excluding hydrogens is 390 g/mol. The Kier molecular flexibility index (Phi) is 6.71. The molecule has 0 bridgehead atoms. The Morgan fingerprint density at radius 1 is 1.10 bits per heavy atom. The van der Waals surface area contributed by atoms with Crippen molar-refractivity contribution in [1.82, 2.24) is 4.31 Å². The minimum atomic E-state index is -3.58. The number of para-hydroxylation sites is 1. The first-order chi connectivity index (χ1) is 13.9. The van der Waals surface area contributed by atoms with Gasteiger partial charge in [-0.1, -0.05) is 24.3 Å². The SMILES string of the molecule is CC(C)Oc1ccc(S(=O)(=O)N2CC=C(c3ccccc3OCC=O)CC2)cc1. The molecule has 0 radical (unpaired) electrons. The van der Waals surface area contributed by atoms with Gasteiger partial charge in [0.2, 0.25) is 10.0 Å². The molecule has 2 aromatic rings. The molecule has 0 aromatic heterocycles. The topological polar surface area (TPSA) is 72.9 Å². The number of sulfonamides is 1. The van der Waals surface area contributed by atoms with Gasteiger partial charge in [-0.05, 0) is 56.2 Å². The van der Waals surface area contributed by atoms with Crippen molar-refractivity contribution in [2.75, 3.05) is 19.7 Å². The van der Waals surface area contributed by atoms with Gasteiger partial charge in [-0.25, -0.2) is 8.42 Å². The van der Waals surface area contributed by atoms with Crippen molar-refractivity contribution in [2.24, 2.45) is 0 Å². The molecule has 6 nitrogen and oxygen atoms in total. The average molecular weight is 416 g/mol. The number of benzene rings is 2. The monoisotopic (exact) mass is 415 g/mol. The summed E-state index contributed by atoms with van der Waals surface area (Å²) in [4.78, 5) is 10.9. The lowest BCUT2D eigenvalue weighted by Gasteiger charge is -2.26. The van der Waals surface area contributed by atoms with E-state index in [1.54, 1.807) is 24.3 Å². The van der Waals surface area contributed by atoms with Crippen LogP contribution in [0.1, 0.15) is 25.8 Å². The molecule has 1 aliphatic heterocycles. The molecule has 1 aliphatic rings. The lowest BCUT2D eigenvalue weighted by molar-refractivity contribution is -0.109. The highest BCUT2D eigenvalue weighted by molar-refractivity contribution is 7.89. The van der Waals surface area contributed by atoms with E-state index in [9.17, 15) is 13.2 Å². The molecular formula is C22H25NO5S. The summed E-state index contributed by atoms with van der Waals surface area (Å²) in [5, 5.41) is 0. The molecule has 0 aliphatic carbocycles. The Bertz CT molecular complexity index is 981. The molecule has 7 heteroatoms. The van der Waals surface area contributed by atoms with Gasteiger partial charge in [0.15, 0.2) is 6.29 Å². The van der Waals surface area contributed by atoms with Gasteiger partial charge in [0.05, 0.1) is 11.0 Å². The maximum absolute atomic E-state index is 13.0. The molecule has 0 saturated heterocycles. The van der Waals surface area contributed by atoms with E-state index in [2.05, 4.69) is 0 Å². The van der Waals surface area contributed by atoms with Gasteiger partial charge >= 0.3 is 0 Å². The molecule has 0 saturated carbocycles. The number of ether oxygens (including phenoxy) is 2. The highest BCUT2D eigenvalue weighted by Crippen LogP contribution is 2.32. The van der Waals surface area contributed by atoms with E-state index in [0.717, 1.165) is 11.1 Å². The van der Waals surface area contributed by atoms with Crippen LogP contribution in [0.3, 0.4) is 0 Å². The summed E-state index contributed by atoms with van der Waals surface area (Å²) in [5.41, 5.74) is 1.90. The lowest BCUT2D eigenvalue weighted by Crippen LogP contribution is -2.34. The first-order valence-electron chi connectivity index (χ1n) is 9.53. The van der Waals surface area contributed by atoms with Crippen molar-refractivity contribution in [3.63, 3.8) is 0 Å². The maximum Gasteiger partial charge on any atom is 0.243 e. The first-order valence-corrected chi connectivity index (χ1v) is 11.0.